The first-order valence-electron chi connectivity index (χ1n) is 6.98. The third-order valence-electron chi connectivity index (χ3n) is 4.46. The number of hydrogen-bond donors (Lipinski definition) is 2. The van der Waals surface area contributed by atoms with Crippen LogP contribution in [0.4, 0.5) is 0 Å². The van der Waals surface area contributed by atoms with Crippen LogP contribution in [0.15, 0.2) is 18.2 Å². The van der Waals surface area contributed by atoms with Gasteiger partial charge in [-0.05, 0) is 56.7 Å². The van der Waals surface area contributed by atoms with Gasteiger partial charge >= 0.3 is 0 Å². The molecule has 1 aromatic heterocycles. The Morgan fingerprint density at radius 1 is 1.28 bits per heavy atom. The van der Waals surface area contributed by atoms with Crippen molar-refractivity contribution < 1.29 is 0 Å². The molecule has 18 heavy (non-hydrogen) atoms. The number of nitrogens with two attached hydrogens (primary N) is 1. The van der Waals surface area contributed by atoms with E-state index in [9.17, 15) is 0 Å². The van der Waals surface area contributed by atoms with Crippen molar-refractivity contribution in [3.05, 3.63) is 35.0 Å². The Kier molecular flexibility index (Phi) is 2.90. The van der Waals surface area contributed by atoms with Crippen LogP contribution in [0.25, 0.3) is 10.9 Å². The molecule has 1 aliphatic rings. The molecule has 3 N–H and O–H groups in total. The Hall–Kier alpha value is -1.28. The minimum atomic E-state index is 0.402. The standard InChI is InChI=1S/C16H22N2/c1-10-6-7-16-14(8-10)13(11(2)18-16)9-12-4-3-5-15(12)17/h6-8,12,15,18H,3-5,9,17H2,1-2H3. The zero-order chi connectivity index (χ0) is 12.7. The van der Waals surface area contributed by atoms with Crippen LogP contribution < -0.4 is 5.73 Å². The van der Waals surface area contributed by atoms with Gasteiger partial charge in [0.15, 0.2) is 0 Å². The van der Waals surface area contributed by atoms with Crippen molar-refractivity contribution in [1.29, 1.82) is 0 Å². The van der Waals surface area contributed by atoms with Crippen LogP contribution >= 0.6 is 0 Å². The molecule has 2 atom stereocenters. The number of hydrogen-bond acceptors (Lipinski definition) is 1. The summed E-state index contributed by atoms with van der Waals surface area (Å²) in [6.07, 6.45) is 4.92. The zero-order valence-electron chi connectivity index (χ0n) is 11.3. The summed E-state index contributed by atoms with van der Waals surface area (Å²) in [6.45, 7) is 4.35. The van der Waals surface area contributed by atoms with Gasteiger partial charge in [-0.2, -0.15) is 0 Å². The van der Waals surface area contributed by atoms with Crippen LogP contribution in [0.1, 0.15) is 36.1 Å². The average molecular weight is 242 g/mol. The van der Waals surface area contributed by atoms with Gasteiger partial charge in [0.1, 0.15) is 0 Å². The molecule has 1 aromatic carbocycles. The Morgan fingerprint density at radius 3 is 2.83 bits per heavy atom. The first kappa shape index (κ1) is 11.8. The lowest BCUT2D eigenvalue weighted by atomic mass is 9.93. The van der Waals surface area contributed by atoms with E-state index in [0.29, 0.717) is 12.0 Å². The predicted octanol–water partition coefficient (Wildman–Crippen LogP) is 3.45. The molecule has 1 fully saturated rings. The molecule has 1 saturated carbocycles. The molecule has 1 heterocycles. The zero-order valence-corrected chi connectivity index (χ0v) is 11.3. The summed E-state index contributed by atoms with van der Waals surface area (Å²) >= 11 is 0. The fourth-order valence-corrected chi connectivity index (χ4v) is 3.34. The maximum atomic E-state index is 6.21. The number of aromatic amines is 1. The smallest absolute Gasteiger partial charge is 0.0459 e. The van der Waals surface area contributed by atoms with E-state index in [2.05, 4.69) is 37.0 Å². The highest BCUT2D eigenvalue weighted by molar-refractivity contribution is 5.85. The first-order chi connectivity index (χ1) is 8.65. The third kappa shape index (κ3) is 1.95. The highest BCUT2D eigenvalue weighted by Gasteiger charge is 2.25. The van der Waals surface area contributed by atoms with E-state index < -0.39 is 0 Å². The molecule has 0 amide bonds. The largest absolute Gasteiger partial charge is 0.358 e. The van der Waals surface area contributed by atoms with Crippen molar-refractivity contribution in [3.8, 4) is 0 Å². The van der Waals surface area contributed by atoms with Crippen molar-refractivity contribution in [2.24, 2.45) is 11.7 Å². The minimum absolute atomic E-state index is 0.402. The maximum absolute atomic E-state index is 6.21. The van der Waals surface area contributed by atoms with Gasteiger partial charge in [-0.15, -0.1) is 0 Å². The molecule has 1 aliphatic carbocycles. The van der Waals surface area contributed by atoms with Gasteiger partial charge in [0.05, 0.1) is 0 Å². The van der Waals surface area contributed by atoms with Gasteiger partial charge in [0.2, 0.25) is 0 Å². The van der Waals surface area contributed by atoms with E-state index in [1.807, 2.05) is 0 Å². The van der Waals surface area contributed by atoms with Crippen molar-refractivity contribution in [3.63, 3.8) is 0 Å². The molecule has 2 nitrogen and oxygen atoms in total. The van der Waals surface area contributed by atoms with Gasteiger partial charge in [0, 0.05) is 22.6 Å². The highest BCUT2D eigenvalue weighted by atomic mass is 14.7. The quantitative estimate of drug-likeness (QED) is 0.832. The second-order valence-corrected chi connectivity index (χ2v) is 5.84. The third-order valence-corrected chi connectivity index (χ3v) is 4.46. The van der Waals surface area contributed by atoms with Gasteiger partial charge in [-0.25, -0.2) is 0 Å². The monoisotopic (exact) mass is 242 g/mol. The molecule has 0 radical (unpaired) electrons. The molecule has 0 aliphatic heterocycles. The molecule has 2 aromatic rings. The number of H-pyrrole nitrogens is 1. The van der Waals surface area contributed by atoms with Crippen molar-refractivity contribution in [2.45, 2.75) is 45.6 Å². The summed E-state index contributed by atoms with van der Waals surface area (Å²) in [7, 11) is 0. The maximum Gasteiger partial charge on any atom is 0.0459 e. The molecular weight excluding hydrogens is 220 g/mol. The Balaban J connectivity index is 1.99. The Morgan fingerprint density at radius 2 is 2.11 bits per heavy atom. The topological polar surface area (TPSA) is 41.8 Å². The summed E-state index contributed by atoms with van der Waals surface area (Å²) in [4.78, 5) is 3.50. The van der Waals surface area contributed by atoms with E-state index in [4.69, 9.17) is 5.73 Å². The molecule has 0 spiro atoms. The SMILES string of the molecule is Cc1ccc2[nH]c(C)c(CC3CCCC3N)c2c1. The first-order valence-corrected chi connectivity index (χ1v) is 6.98. The van der Waals surface area contributed by atoms with Crippen LogP contribution in [-0.4, -0.2) is 11.0 Å². The molecule has 0 bridgehead atoms. The van der Waals surface area contributed by atoms with Gasteiger partial charge in [0.25, 0.3) is 0 Å². The van der Waals surface area contributed by atoms with Crippen LogP contribution in [0, 0.1) is 19.8 Å². The molecule has 2 unspecified atom stereocenters. The summed E-state index contributed by atoms with van der Waals surface area (Å²) in [5.41, 5.74) is 11.6. The summed E-state index contributed by atoms with van der Waals surface area (Å²) < 4.78 is 0. The average Bonchev–Trinajstić information content (AvgIpc) is 2.86. The van der Waals surface area contributed by atoms with Crippen molar-refractivity contribution in [2.75, 3.05) is 0 Å². The summed E-state index contributed by atoms with van der Waals surface area (Å²) in [5, 5.41) is 1.40. The van der Waals surface area contributed by atoms with E-state index in [1.54, 1.807) is 0 Å². The number of aryl methyl sites for hydroxylation is 2. The van der Waals surface area contributed by atoms with Gasteiger partial charge in [-0.3, -0.25) is 0 Å². The van der Waals surface area contributed by atoms with Crippen LogP contribution in [0.3, 0.4) is 0 Å². The second kappa shape index (κ2) is 4.43. The molecule has 2 heteroatoms. The summed E-state index contributed by atoms with van der Waals surface area (Å²) in [5.74, 6) is 0.670. The number of fused-ring (bicyclic) bond motifs is 1. The summed E-state index contributed by atoms with van der Waals surface area (Å²) in [6, 6.07) is 7.06. The van der Waals surface area contributed by atoms with Crippen LogP contribution in [0.2, 0.25) is 0 Å². The van der Waals surface area contributed by atoms with E-state index in [0.717, 1.165) is 6.42 Å². The number of nitrogens with one attached hydrogen (secondary N) is 1. The second-order valence-electron chi connectivity index (χ2n) is 5.84. The Bertz CT molecular complexity index is 568. The van der Waals surface area contributed by atoms with Crippen molar-refractivity contribution in [1.82, 2.24) is 4.98 Å². The van der Waals surface area contributed by atoms with Gasteiger partial charge in [-0.1, -0.05) is 18.1 Å². The Labute approximate surface area is 109 Å². The van der Waals surface area contributed by atoms with E-state index in [1.165, 1.54) is 47.0 Å². The molecule has 0 saturated heterocycles. The van der Waals surface area contributed by atoms with E-state index >= 15 is 0 Å². The minimum Gasteiger partial charge on any atom is -0.358 e. The lowest BCUT2D eigenvalue weighted by Crippen LogP contribution is -2.26. The van der Waals surface area contributed by atoms with Crippen LogP contribution in [-0.2, 0) is 6.42 Å². The van der Waals surface area contributed by atoms with Crippen LogP contribution in [0.5, 0.6) is 0 Å². The van der Waals surface area contributed by atoms with Gasteiger partial charge < -0.3 is 10.7 Å². The highest BCUT2D eigenvalue weighted by Crippen LogP contribution is 2.32. The number of benzene rings is 1. The predicted molar refractivity (Wildman–Crippen MR) is 76.8 cm³/mol. The number of aromatic nitrogens is 1. The lowest BCUT2D eigenvalue weighted by molar-refractivity contribution is 0.479. The number of rotatable bonds is 2. The molecule has 96 valence electrons. The van der Waals surface area contributed by atoms with E-state index in [-0.39, 0.29) is 0 Å². The van der Waals surface area contributed by atoms with Crippen molar-refractivity contribution >= 4 is 10.9 Å². The molecular formula is C16H22N2. The fraction of sp³-hybridized carbons (Fsp3) is 0.500. The fourth-order valence-electron chi connectivity index (χ4n) is 3.34. The normalized spacial score (nSPS) is 23.9. The molecule has 3 rings (SSSR count). The lowest BCUT2D eigenvalue weighted by Gasteiger charge is -2.15.